The lowest BCUT2D eigenvalue weighted by atomic mass is 10.0. The monoisotopic (exact) mass is 413 g/mol. The molecule has 2 N–H and O–H groups in total. The molecule has 0 atom stereocenters. The van der Waals surface area contributed by atoms with Gasteiger partial charge in [-0.3, -0.25) is 0 Å². The van der Waals surface area contributed by atoms with Crippen molar-refractivity contribution in [2.24, 2.45) is 0 Å². The third kappa shape index (κ3) is 3.68. The summed E-state index contributed by atoms with van der Waals surface area (Å²) in [6.07, 6.45) is 3.71. The predicted molar refractivity (Wildman–Crippen MR) is 116 cm³/mol. The van der Waals surface area contributed by atoms with Crippen molar-refractivity contribution in [2.75, 3.05) is 5.32 Å². The van der Waals surface area contributed by atoms with E-state index in [-0.39, 0.29) is 17.3 Å². The predicted octanol–water partition coefficient (Wildman–Crippen LogP) is 6.00. The van der Waals surface area contributed by atoms with Gasteiger partial charge in [0.05, 0.1) is 11.6 Å². The second-order valence-corrected chi connectivity index (χ2v) is 7.89. The second-order valence-electron chi connectivity index (χ2n) is 7.89. The summed E-state index contributed by atoms with van der Waals surface area (Å²) in [6.45, 7) is 4.02. The second kappa shape index (κ2) is 7.40. The fourth-order valence-corrected chi connectivity index (χ4v) is 3.73. The Morgan fingerprint density at radius 2 is 1.84 bits per heavy atom. The molecule has 154 valence electrons. The van der Waals surface area contributed by atoms with Crippen molar-refractivity contribution in [2.45, 2.75) is 32.6 Å². The number of nitrogens with one attached hydrogen (secondary N) is 2. The zero-order valence-corrected chi connectivity index (χ0v) is 17.2. The molecule has 0 saturated heterocycles. The lowest BCUT2D eigenvalue weighted by Crippen LogP contribution is -2.01. The molecule has 2 heterocycles. The maximum atomic E-state index is 14.3. The van der Waals surface area contributed by atoms with Gasteiger partial charge in [-0.1, -0.05) is 12.1 Å². The normalized spacial score (nSPS) is 13.2. The lowest BCUT2D eigenvalue weighted by Gasteiger charge is -2.14. The zero-order chi connectivity index (χ0) is 21.5. The number of halogens is 1. The van der Waals surface area contributed by atoms with Gasteiger partial charge in [-0.15, -0.1) is 0 Å². The molecule has 0 bridgehead atoms. The highest BCUT2D eigenvalue weighted by molar-refractivity contribution is 5.82. The molecule has 0 radical (unpaired) electrons. The molecule has 0 unspecified atom stereocenters. The molecule has 0 amide bonds. The molecule has 2 aromatic heterocycles. The van der Waals surface area contributed by atoms with Gasteiger partial charge >= 0.3 is 0 Å². The number of H-pyrrole nitrogens is 1. The van der Waals surface area contributed by atoms with Crippen molar-refractivity contribution in [1.82, 2.24) is 15.0 Å². The Balaban J connectivity index is 1.53. The Labute approximate surface area is 178 Å². The van der Waals surface area contributed by atoms with Gasteiger partial charge in [0.2, 0.25) is 11.8 Å². The highest BCUT2D eigenvalue weighted by Gasteiger charge is 2.25. The minimum atomic E-state index is -0.484. The molecule has 1 fully saturated rings. The summed E-state index contributed by atoms with van der Waals surface area (Å²) in [5, 5.41) is 12.0. The van der Waals surface area contributed by atoms with Crippen LogP contribution in [0.3, 0.4) is 0 Å². The molecule has 0 aliphatic heterocycles. The lowest BCUT2D eigenvalue weighted by molar-refractivity contribution is 0.460. The standard InChI is InChI=1S/C24H20FN5O/c1-13-9-17(16-5-6-16)10-14(2)22(13)31-23-21-20(19(25)12-27-21)29-24(30-23)28-18-7-3-15(11-26)4-8-18/h3-4,7-10,12,16,27H,5-6H2,1-2H3,(H,28,29,30). The SMILES string of the molecule is Cc1cc(C2CC2)cc(C)c1Oc1nc(Nc2ccc(C#N)cc2)nc2c(F)c[nH]c12. The Morgan fingerprint density at radius 1 is 1.13 bits per heavy atom. The van der Waals surface area contributed by atoms with Crippen LogP contribution in [0.15, 0.2) is 42.6 Å². The van der Waals surface area contributed by atoms with Crippen molar-refractivity contribution in [3.05, 3.63) is 70.7 Å². The molecular weight excluding hydrogens is 393 g/mol. The topological polar surface area (TPSA) is 86.6 Å². The molecule has 6 nitrogen and oxygen atoms in total. The largest absolute Gasteiger partial charge is 0.436 e. The van der Waals surface area contributed by atoms with E-state index in [1.54, 1.807) is 24.3 Å². The number of aryl methyl sites for hydroxylation is 2. The van der Waals surface area contributed by atoms with Crippen LogP contribution < -0.4 is 10.1 Å². The van der Waals surface area contributed by atoms with E-state index in [1.807, 2.05) is 13.8 Å². The Bertz CT molecular complexity index is 1310. The maximum Gasteiger partial charge on any atom is 0.248 e. The van der Waals surface area contributed by atoms with Gasteiger partial charge < -0.3 is 15.0 Å². The average molecular weight is 413 g/mol. The molecule has 4 aromatic rings. The Kier molecular flexibility index (Phi) is 4.55. The van der Waals surface area contributed by atoms with E-state index in [1.165, 1.54) is 24.6 Å². The Morgan fingerprint density at radius 3 is 2.48 bits per heavy atom. The smallest absolute Gasteiger partial charge is 0.248 e. The number of fused-ring (bicyclic) bond motifs is 1. The van der Waals surface area contributed by atoms with Gasteiger partial charge in [0.1, 0.15) is 16.8 Å². The van der Waals surface area contributed by atoms with Gasteiger partial charge in [0.15, 0.2) is 5.82 Å². The van der Waals surface area contributed by atoms with Crippen LogP contribution in [0.1, 0.15) is 41.0 Å². The van der Waals surface area contributed by atoms with E-state index in [4.69, 9.17) is 10.00 Å². The first-order chi connectivity index (χ1) is 15.0. The molecule has 7 heteroatoms. The van der Waals surface area contributed by atoms with Crippen molar-refractivity contribution in [3.63, 3.8) is 0 Å². The average Bonchev–Trinajstić information content (AvgIpc) is 3.55. The Hall–Kier alpha value is -3.92. The van der Waals surface area contributed by atoms with Crippen molar-refractivity contribution in [1.29, 1.82) is 5.26 Å². The molecule has 31 heavy (non-hydrogen) atoms. The van der Waals surface area contributed by atoms with Gasteiger partial charge in [-0.25, -0.2) is 9.37 Å². The summed E-state index contributed by atoms with van der Waals surface area (Å²) in [5.74, 6) is 1.33. The quantitative estimate of drug-likeness (QED) is 0.419. The number of rotatable bonds is 5. The highest BCUT2D eigenvalue weighted by Crippen LogP contribution is 2.43. The van der Waals surface area contributed by atoms with Crippen LogP contribution in [0.25, 0.3) is 11.0 Å². The molecule has 1 aliphatic carbocycles. The summed E-state index contributed by atoms with van der Waals surface area (Å²) in [7, 11) is 0. The third-order valence-electron chi connectivity index (χ3n) is 5.45. The number of hydrogen-bond donors (Lipinski definition) is 2. The van der Waals surface area contributed by atoms with Crippen LogP contribution in [0.2, 0.25) is 0 Å². The first kappa shape index (κ1) is 19.1. The van der Waals surface area contributed by atoms with Crippen molar-refractivity contribution in [3.8, 4) is 17.7 Å². The third-order valence-corrected chi connectivity index (χ3v) is 5.45. The van der Waals surface area contributed by atoms with Crippen LogP contribution in [-0.2, 0) is 0 Å². The fourth-order valence-electron chi connectivity index (χ4n) is 3.73. The first-order valence-corrected chi connectivity index (χ1v) is 10.1. The van der Waals surface area contributed by atoms with Crippen LogP contribution >= 0.6 is 0 Å². The number of ether oxygens (including phenoxy) is 1. The van der Waals surface area contributed by atoms with E-state index in [0.717, 1.165) is 11.1 Å². The van der Waals surface area contributed by atoms with E-state index in [9.17, 15) is 4.39 Å². The summed E-state index contributed by atoms with van der Waals surface area (Å²) in [6, 6.07) is 13.2. The van der Waals surface area contributed by atoms with Gasteiger partial charge in [0.25, 0.3) is 0 Å². The molecule has 2 aromatic carbocycles. The fraction of sp³-hybridized carbons (Fsp3) is 0.208. The zero-order valence-electron chi connectivity index (χ0n) is 17.2. The maximum absolute atomic E-state index is 14.3. The van der Waals surface area contributed by atoms with Crippen LogP contribution in [0.4, 0.5) is 16.0 Å². The number of nitriles is 1. The molecular formula is C24H20FN5O. The minimum Gasteiger partial charge on any atom is -0.436 e. The molecule has 1 saturated carbocycles. The summed E-state index contributed by atoms with van der Waals surface area (Å²) < 4.78 is 20.6. The number of hydrogen-bond acceptors (Lipinski definition) is 5. The van der Waals surface area contributed by atoms with Crippen molar-refractivity contribution >= 4 is 22.7 Å². The molecule has 1 aliphatic rings. The van der Waals surface area contributed by atoms with E-state index in [2.05, 4.69) is 38.5 Å². The van der Waals surface area contributed by atoms with Crippen molar-refractivity contribution < 1.29 is 9.13 Å². The van der Waals surface area contributed by atoms with E-state index in [0.29, 0.717) is 28.4 Å². The minimum absolute atomic E-state index is 0.144. The van der Waals surface area contributed by atoms with Crippen LogP contribution in [0.5, 0.6) is 11.6 Å². The number of aromatic nitrogens is 3. The van der Waals surface area contributed by atoms with Crippen LogP contribution in [-0.4, -0.2) is 15.0 Å². The van der Waals surface area contributed by atoms with Gasteiger partial charge in [-0.05, 0) is 73.6 Å². The van der Waals surface area contributed by atoms with Gasteiger partial charge in [-0.2, -0.15) is 10.2 Å². The summed E-state index contributed by atoms with van der Waals surface area (Å²) >= 11 is 0. The van der Waals surface area contributed by atoms with E-state index >= 15 is 0 Å². The number of benzene rings is 2. The highest BCUT2D eigenvalue weighted by atomic mass is 19.1. The first-order valence-electron chi connectivity index (χ1n) is 10.1. The number of anilines is 2. The number of aromatic amines is 1. The van der Waals surface area contributed by atoms with Gasteiger partial charge in [0, 0.05) is 11.9 Å². The summed E-state index contributed by atoms with van der Waals surface area (Å²) in [5.41, 5.74) is 5.14. The summed E-state index contributed by atoms with van der Waals surface area (Å²) in [4.78, 5) is 11.7. The van der Waals surface area contributed by atoms with E-state index < -0.39 is 5.82 Å². The molecule has 0 spiro atoms. The number of nitrogens with zero attached hydrogens (tertiary/aromatic N) is 3. The van der Waals surface area contributed by atoms with Crippen LogP contribution in [0, 0.1) is 31.0 Å². The molecule has 5 rings (SSSR count).